The zero-order chi connectivity index (χ0) is 16.3. The molecule has 0 aliphatic carbocycles. The summed E-state index contributed by atoms with van der Waals surface area (Å²) >= 11 is 0. The minimum Gasteiger partial charge on any atom is -0.466 e. The SMILES string of the molecule is COC(=O)/C=C1\CO[C@@H](C)Cc2cc(C(=O)OC)cc(C)c21. The van der Waals surface area contributed by atoms with E-state index in [1.807, 2.05) is 19.9 Å². The first-order valence-corrected chi connectivity index (χ1v) is 7.08. The van der Waals surface area contributed by atoms with Gasteiger partial charge in [0.25, 0.3) is 0 Å². The molecule has 0 radical (unpaired) electrons. The Balaban J connectivity index is 2.58. The molecule has 0 bridgehead atoms. The summed E-state index contributed by atoms with van der Waals surface area (Å²) < 4.78 is 15.2. The molecule has 0 N–H and O–H groups in total. The number of esters is 2. The Labute approximate surface area is 129 Å². The zero-order valence-electron chi connectivity index (χ0n) is 13.3. The van der Waals surface area contributed by atoms with Crippen LogP contribution in [0, 0.1) is 6.92 Å². The third kappa shape index (κ3) is 3.36. The molecule has 1 aromatic carbocycles. The molecular formula is C17H20O5. The second-order valence-electron chi connectivity index (χ2n) is 5.34. The molecule has 1 aliphatic rings. The highest BCUT2D eigenvalue weighted by Gasteiger charge is 2.22. The zero-order valence-corrected chi connectivity index (χ0v) is 13.3. The third-order valence-electron chi connectivity index (χ3n) is 3.68. The lowest BCUT2D eigenvalue weighted by Crippen LogP contribution is -2.10. The second kappa shape index (κ2) is 6.75. The molecule has 0 unspecified atom stereocenters. The van der Waals surface area contributed by atoms with Gasteiger partial charge in [-0.1, -0.05) is 0 Å². The highest BCUT2D eigenvalue weighted by molar-refractivity contribution is 5.94. The maximum atomic E-state index is 11.8. The van der Waals surface area contributed by atoms with Gasteiger partial charge in [-0.25, -0.2) is 9.59 Å². The second-order valence-corrected chi connectivity index (χ2v) is 5.34. The number of hydrogen-bond acceptors (Lipinski definition) is 5. The van der Waals surface area contributed by atoms with Crippen LogP contribution in [0.15, 0.2) is 18.2 Å². The number of hydrogen-bond donors (Lipinski definition) is 0. The fourth-order valence-electron chi connectivity index (χ4n) is 2.70. The minimum absolute atomic E-state index is 0.00501. The first-order chi connectivity index (χ1) is 10.5. The van der Waals surface area contributed by atoms with E-state index < -0.39 is 5.97 Å². The largest absolute Gasteiger partial charge is 0.466 e. The lowest BCUT2D eigenvalue weighted by Gasteiger charge is -2.14. The average Bonchev–Trinajstić information content (AvgIpc) is 2.65. The summed E-state index contributed by atoms with van der Waals surface area (Å²) in [6, 6.07) is 3.58. The van der Waals surface area contributed by atoms with Crippen LogP contribution in [0.5, 0.6) is 0 Å². The summed E-state index contributed by atoms with van der Waals surface area (Å²) in [6.07, 6.45) is 2.11. The van der Waals surface area contributed by atoms with E-state index >= 15 is 0 Å². The number of carbonyl (C=O) groups is 2. The first kappa shape index (κ1) is 16.2. The molecule has 118 valence electrons. The monoisotopic (exact) mass is 304 g/mol. The lowest BCUT2D eigenvalue weighted by atomic mass is 9.91. The molecule has 0 fully saturated rings. The number of ether oxygens (including phenoxy) is 3. The summed E-state index contributed by atoms with van der Waals surface area (Å²) in [5.74, 6) is -0.794. The van der Waals surface area contributed by atoms with Crippen LogP contribution in [0.1, 0.15) is 34.0 Å². The van der Waals surface area contributed by atoms with Crippen LogP contribution in [0.2, 0.25) is 0 Å². The molecule has 2 rings (SSSR count). The Kier molecular flexibility index (Phi) is 4.98. The fraction of sp³-hybridized carbons (Fsp3) is 0.412. The van der Waals surface area contributed by atoms with Gasteiger partial charge in [-0.15, -0.1) is 0 Å². The topological polar surface area (TPSA) is 61.8 Å². The van der Waals surface area contributed by atoms with E-state index in [1.165, 1.54) is 20.3 Å². The quantitative estimate of drug-likeness (QED) is 0.620. The predicted octanol–water partition coefficient (Wildman–Crippen LogP) is 2.30. The Hall–Kier alpha value is -2.14. The standard InChI is InChI=1S/C17H20O5/c1-10-5-13(17(19)21-4)7-12-6-11(2)22-9-14(16(10)12)8-15(18)20-3/h5,7-8,11H,6,9H2,1-4H3/b14-8+/t11-/m0/s1. The van der Waals surface area contributed by atoms with Gasteiger partial charge in [0.1, 0.15) is 0 Å². The van der Waals surface area contributed by atoms with Gasteiger partial charge in [0.2, 0.25) is 0 Å². The maximum absolute atomic E-state index is 11.8. The number of aryl methyl sites for hydroxylation is 1. The molecule has 0 aromatic heterocycles. The molecular weight excluding hydrogens is 284 g/mol. The number of fused-ring (bicyclic) bond motifs is 1. The van der Waals surface area contributed by atoms with Crippen molar-refractivity contribution in [1.82, 2.24) is 0 Å². The van der Waals surface area contributed by atoms with Crippen LogP contribution in [0.3, 0.4) is 0 Å². The third-order valence-corrected chi connectivity index (χ3v) is 3.68. The summed E-state index contributed by atoms with van der Waals surface area (Å²) in [4.78, 5) is 23.4. The molecule has 0 saturated heterocycles. The Bertz CT molecular complexity index is 630. The van der Waals surface area contributed by atoms with Crippen LogP contribution < -0.4 is 0 Å². The van der Waals surface area contributed by atoms with Crippen molar-refractivity contribution >= 4 is 17.5 Å². The summed E-state index contributed by atoms with van der Waals surface area (Å²) in [7, 11) is 2.70. The molecule has 1 aromatic rings. The van der Waals surface area contributed by atoms with Crippen LogP contribution in [0.4, 0.5) is 0 Å². The summed E-state index contributed by atoms with van der Waals surface area (Å²) in [5.41, 5.74) is 4.10. The molecule has 5 nitrogen and oxygen atoms in total. The summed E-state index contributed by atoms with van der Waals surface area (Å²) in [6.45, 7) is 4.21. The lowest BCUT2D eigenvalue weighted by molar-refractivity contribution is -0.134. The fourth-order valence-corrected chi connectivity index (χ4v) is 2.70. The van der Waals surface area contributed by atoms with E-state index in [-0.39, 0.29) is 12.1 Å². The van der Waals surface area contributed by atoms with E-state index in [9.17, 15) is 9.59 Å². The molecule has 0 amide bonds. The number of methoxy groups -OCH3 is 2. The van der Waals surface area contributed by atoms with Gasteiger partial charge in [0.15, 0.2) is 0 Å². The number of carbonyl (C=O) groups excluding carboxylic acids is 2. The van der Waals surface area contributed by atoms with Crippen molar-refractivity contribution < 1.29 is 23.8 Å². The minimum atomic E-state index is -0.421. The number of rotatable bonds is 2. The number of benzene rings is 1. The van der Waals surface area contributed by atoms with Crippen molar-refractivity contribution in [3.05, 3.63) is 40.5 Å². The molecule has 5 heteroatoms. The Morgan fingerprint density at radius 1 is 1.27 bits per heavy atom. The predicted molar refractivity (Wildman–Crippen MR) is 81.6 cm³/mol. The van der Waals surface area contributed by atoms with E-state index in [1.54, 1.807) is 6.07 Å². The van der Waals surface area contributed by atoms with E-state index in [0.717, 1.165) is 22.3 Å². The molecule has 1 aliphatic heterocycles. The average molecular weight is 304 g/mol. The van der Waals surface area contributed by atoms with Gasteiger partial charge in [-0.05, 0) is 54.7 Å². The molecule has 1 heterocycles. The normalized spacial score (nSPS) is 19.3. The first-order valence-electron chi connectivity index (χ1n) is 7.08. The van der Waals surface area contributed by atoms with Crippen LogP contribution in [0.25, 0.3) is 5.57 Å². The Morgan fingerprint density at radius 3 is 2.64 bits per heavy atom. The molecule has 0 saturated carbocycles. The highest BCUT2D eigenvalue weighted by Crippen LogP contribution is 2.30. The Morgan fingerprint density at radius 2 is 2.00 bits per heavy atom. The summed E-state index contributed by atoms with van der Waals surface area (Å²) in [5, 5.41) is 0. The van der Waals surface area contributed by atoms with Crippen molar-refractivity contribution in [2.24, 2.45) is 0 Å². The van der Waals surface area contributed by atoms with Gasteiger partial charge in [0, 0.05) is 6.08 Å². The van der Waals surface area contributed by atoms with Crippen LogP contribution in [-0.2, 0) is 25.4 Å². The van der Waals surface area contributed by atoms with Gasteiger partial charge in [-0.3, -0.25) is 0 Å². The van der Waals surface area contributed by atoms with Crippen LogP contribution in [-0.4, -0.2) is 38.9 Å². The van der Waals surface area contributed by atoms with Gasteiger partial charge >= 0.3 is 11.9 Å². The van der Waals surface area contributed by atoms with Gasteiger partial charge in [-0.2, -0.15) is 0 Å². The molecule has 1 atom stereocenters. The van der Waals surface area contributed by atoms with Crippen molar-refractivity contribution in [2.75, 3.05) is 20.8 Å². The van der Waals surface area contributed by atoms with Gasteiger partial charge < -0.3 is 14.2 Å². The van der Waals surface area contributed by atoms with Gasteiger partial charge in [0.05, 0.1) is 32.5 Å². The smallest absolute Gasteiger partial charge is 0.337 e. The molecule has 0 spiro atoms. The van der Waals surface area contributed by atoms with Crippen molar-refractivity contribution in [3.8, 4) is 0 Å². The van der Waals surface area contributed by atoms with Crippen molar-refractivity contribution in [3.63, 3.8) is 0 Å². The molecule has 22 heavy (non-hydrogen) atoms. The van der Waals surface area contributed by atoms with E-state index in [2.05, 4.69) is 0 Å². The van der Waals surface area contributed by atoms with Crippen molar-refractivity contribution in [1.29, 1.82) is 0 Å². The van der Waals surface area contributed by atoms with E-state index in [0.29, 0.717) is 18.6 Å². The maximum Gasteiger partial charge on any atom is 0.337 e. The highest BCUT2D eigenvalue weighted by atomic mass is 16.5. The van der Waals surface area contributed by atoms with Crippen LogP contribution >= 0.6 is 0 Å². The van der Waals surface area contributed by atoms with Crippen molar-refractivity contribution in [2.45, 2.75) is 26.4 Å². The van der Waals surface area contributed by atoms with E-state index in [4.69, 9.17) is 14.2 Å².